The Labute approximate surface area is 182 Å². The highest BCUT2D eigenvalue weighted by Gasteiger charge is 2.83. The molecule has 2 atom stereocenters. The smallest absolute Gasteiger partial charge is 0.460 e. The first-order valence-electron chi connectivity index (χ1n) is 9.61. The van der Waals surface area contributed by atoms with E-state index in [4.69, 9.17) is 0 Å². The summed E-state index contributed by atoms with van der Waals surface area (Å²) in [4.78, 5) is 11.9. The van der Waals surface area contributed by atoms with Gasteiger partial charge in [0.05, 0.1) is 6.26 Å². The van der Waals surface area contributed by atoms with Crippen molar-refractivity contribution in [1.29, 1.82) is 0 Å². The first-order valence-corrected chi connectivity index (χ1v) is 12.8. The van der Waals surface area contributed by atoms with Gasteiger partial charge in [-0.15, -0.1) is 0 Å². The normalized spacial score (nSPS) is 23.3. The Balaban J connectivity index is 0.000000321. The van der Waals surface area contributed by atoms with E-state index in [1.165, 1.54) is 44.9 Å². The van der Waals surface area contributed by atoms with E-state index in [1.54, 1.807) is 0 Å². The molecular weight excluding hydrogens is 503 g/mol. The second-order valence-corrected chi connectivity index (χ2v) is 11.6. The van der Waals surface area contributed by atoms with E-state index in [-0.39, 0.29) is 0 Å². The van der Waals surface area contributed by atoms with Gasteiger partial charge < -0.3 is 4.55 Å². The fourth-order valence-electron chi connectivity index (χ4n) is 3.53. The minimum absolute atomic E-state index is 0.377. The Bertz CT molecular complexity index is 748. The third-order valence-corrected chi connectivity index (χ3v) is 9.26. The minimum atomic E-state index is -7.43. The number of hydrogen-bond donors (Lipinski definition) is 0. The van der Waals surface area contributed by atoms with Crippen molar-refractivity contribution >= 4 is 26.8 Å². The van der Waals surface area contributed by atoms with Gasteiger partial charge in [-0.05, 0) is 49.4 Å². The maximum atomic E-state index is 12.2. The number of rotatable bonds is 5. The zero-order valence-electron chi connectivity index (χ0n) is 16.9. The van der Waals surface area contributed by atoms with Gasteiger partial charge in [0.15, 0.2) is 21.2 Å². The van der Waals surface area contributed by atoms with Gasteiger partial charge in [-0.3, -0.25) is 4.79 Å². The van der Waals surface area contributed by atoms with Gasteiger partial charge in [-0.2, -0.15) is 39.5 Å². The van der Waals surface area contributed by atoms with Crippen molar-refractivity contribution < 1.29 is 57.3 Å². The summed E-state index contributed by atoms with van der Waals surface area (Å²) in [5, 5.41) is -5.79. The van der Waals surface area contributed by atoms with Crippen LogP contribution in [0.25, 0.3) is 0 Å². The Morgan fingerprint density at radius 2 is 1.28 bits per heavy atom. The summed E-state index contributed by atoms with van der Waals surface area (Å²) in [6.45, 7) is 0. The van der Waals surface area contributed by atoms with Crippen molar-refractivity contribution in [2.24, 2.45) is 0 Å². The molecule has 0 aromatic rings. The van der Waals surface area contributed by atoms with Crippen LogP contribution in [0.5, 0.6) is 0 Å². The van der Waals surface area contributed by atoms with Crippen LogP contribution in [0.15, 0.2) is 0 Å². The second kappa shape index (κ2) is 10.3. The van der Waals surface area contributed by atoms with E-state index in [9.17, 15) is 57.3 Å². The molecule has 0 spiro atoms. The molecule has 4 nitrogen and oxygen atoms in total. The van der Waals surface area contributed by atoms with Crippen molar-refractivity contribution in [3.63, 3.8) is 0 Å². The van der Waals surface area contributed by atoms with Crippen LogP contribution in [-0.2, 0) is 25.8 Å². The van der Waals surface area contributed by atoms with Crippen LogP contribution in [0.3, 0.4) is 0 Å². The highest BCUT2D eigenvalue weighted by molar-refractivity contribution is 7.98. The highest BCUT2D eigenvalue weighted by atomic mass is 32.2. The molecule has 2 saturated carbocycles. The van der Waals surface area contributed by atoms with Gasteiger partial charge in [0, 0.05) is 12.8 Å². The van der Waals surface area contributed by atoms with Gasteiger partial charge in [0.1, 0.15) is 5.25 Å². The van der Waals surface area contributed by atoms with Crippen LogP contribution in [0.2, 0.25) is 0 Å². The molecule has 0 heterocycles. The van der Waals surface area contributed by atoms with Gasteiger partial charge in [0.25, 0.3) is 0 Å². The van der Waals surface area contributed by atoms with Gasteiger partial charge in [0.2, 0.25) is 0 Å². The quantitative estimate of drug-likeness (QED) is 0.286. The van der Waals surface area contributed by atoms with E-state index in [0.29, 0.717) is 21.9 Å². The number of carbonyl (C=O) groups excluding carboxylic acids is 1. The molecule has 0 aromatic heterocycles. The molecule has 0 amide bonds. The molecule has 0 bridgehead atoms. The van der Waals surface area contributed by atoms with Crippen molar-refractivity contribution in [2.45, 2.75) is 91.6 Å². The number of alkyl halides is 9. The predicted octanol–water partition coefficient (Wildman–Crippen LogP) is 5.04. The third kappa shape index (κ3) is 6.05. The summed E-state index contributed by atoms with van der Waals surface area (Å²) in [6.07, 6.45) is 6.72. The zero-order chi connectivity index (χ0) is 25.2. The van der Waals surface area contributed by atoms with E-state index in [2.05, 4.69) is 6.26 Å². The van der Waals surface area contributed by atoms with E-state index in [1.807, 2.05) is 0 Å². The standard InChI is InChI=1S/C13H23OS.C4HF9O3S/c1-15(11-7-3-2-4-8-11)13-10-6-5-9-12(13)14;5-1(6,3(9,10)11)2(7,8)4(12,13)17(14,15)16/h11,13H,2-10H2,1H3;(H,14,15,16)/q+1;/p-1. The molecular formula is C17H23F9O4S2. The lowest BCUT2D eigenvalue weighted by atomic mass is 9.99. The second-order valence-electron chi connectivity index (χ2n) is 7.69. The fourth-order valence-corrected chi connectivity index (χ4v) is 6.59. The van der Waals surface area contributed by atoms with Crippen molar-refractivity contribution in [3.05, 3.63) is 0 Å². The molecule has 15 heteroatoms. The van der Waals surface area contributed by atoms with Crippen LogP contribution in [-0.4, -0.2) is 58.8 Å². The lowest BCUT2D eigenvalue weighted by Gasteiger charge is -2.34. The van der Waals surface area contributed by atoms with Crippen LogP contribution < -0.4 is 0 Å². The van der Waals surface area contributed by atoms with Crippen LogP contribution in [0.1, 0.15) is 57.8 Å². The van der Waals surface area contributed by atoms with Gasteiger partial charge in [-0.1, -0.05) is 6.42 Å². The number of halogens is 9. The summed E-state index contributed by atoms with van der Waals surface area (Å²) in [5.41, 5.74) is 0. The zero-order valence-corrected chi connectivity index (χ0v) is 18.5. The molecule has 2 aliphatic carbocycles. The van der Waals surface area contributed by atoms with Gasteiger partial charge >= 0.3 is 23.3 Å². The molecule has 0 aliphatic heterocycles. The summed E-state index contributed by atoms with van der Waals surface area (Å²) in [7, 11) is -7.04. The maximum absolute atomic E-state index is 12.2. The number of Topliss-reactive ketones (excluding diaryl/α,β-unsaturated/α-hetero) is 1. The largest absolute Gasteiger partial charge is 0.743 e. The first-order chi connectivity index (χ1) is 14.3. The molecule has 0 N–H and O–H groups in total. The molecule has 32 heavy (non-hydrogen) atoms. The lowest BCUT2D eigenvalue weighted by molar-refractivity contribution is -0.382. The van der Waals surface area contributed by atoms with E-state index in [0.717, 1.165) is 18.1 Å². The number of carbonyl (C=O) groups is 1. The van der Waals surface area contributed by atoms with E-state index < -0.39 is 33.4 Å². The third-order valence-electron chi connectivity index (χ3n) is 5.46. The SMILES string of the molecule is C[S+](C1CCCCC1)C1CCCCC1=O.O=S(=O)([O-])C(F)(F)C(F)(F)C(F)(F)C(F)(F)F. The highest BCUT2D eigenvalue weighted by Crippen LogP contribution is 2.54. The monoisotopic (exact) mass is 526 g/mol. The molecule has 0 radical (unpaired) electrons. The summed E-state index contributed by atoms with van der Waals surface area (Å²) < 4.78 is 135. The Morgan fingerprint density at radius 1 is 0.812 bits per heavy atom. The number of hydrogen-bond acceptors (Lipinski definition) is 4. The Hall–Kier alpha value is -0.700. The minimum Gasteiger partial charge on any atom is -0.743 e. The van der Waals surface area contributed by atoms with E-state index >= 15 is 0 Å². The Morgan fingerprint density at radius 3 is 1.69 bits per heavy atom. The lowest BCUT2D eigenvalue weighted by Crippen LogP contribution is -2.63. The Kier molecular flexibility index (Phi) is 9.42. The molecule has 2 rings (SSSR count). The molecule has 2 unspecified atom stereocenters. The summed E-state index contributed by atoms with van der Waals surface area (Å²) in [5.74, 6) is -14.2. The van der Waals surface area contributed by atoms with Gasteiger partial charge in [-0.25, -0.2) is 8.42 Å². The average Bonchev–Trinajstić information content (AvgIpc) is 2.67. The van der Waals surface area contributed by atoms with Crippen molar-refractivity contribution in [3.8, 4) is 0 Å². The molecule has 2 fully saturated rings. The topological polar surface area (TPSA) is 74.3 Å². The first kappa shape index (κ1) is 29.3. The predicted molar refractivity (Wildman–Crippen MR) is 98.0 cm³/mol. The van der Waals surface area contributed by atoms with Crippen LogP contribution >= 0.6 is 0 Å². The molecule has 0 aromatic carbocycles. The molecule has 0 saturated heterocycles. The van der Waals surface area contributed by atoms with Crippen LogP contribution in [0, 0.1) is 0 Å². The fraction of sp³-hybridized carbons (Fsp3) is 0.941. The molecule has 2 aliphatic rings. The van der Waals surface area contributed by atoms with Crippen molar-refractivity contribution in [2.75, 3.05) is 6.26 Å². The van der Waals surface area contributed by atoms with Crippen molar-refractivity contribution in [1.82, 2.24) is 0 Å². The van der Waals surface area contributed by atoms with Crippen LogP contribution in [0.4, 0.5) is 39.5 Å². The maximum Gasteiger partial charge on any atom is 0.460 e. The number of ketones is 1. The summed E-state index contributed by atoms with van der Waals surface area (Å²) in [6, 6.07) is 0. The molecule has 190 valence electrons. The average molecular weight is 526 g/mol. The summed E-state index contributed by atoms with van der Waals surface area (Å²) >= 11 is 0.